The topological polar surface area (TPSA) is 67.2 Å². The van der Waals surface area contributed by atoms with Crippen molar-refractivity contribution in [2.24, 2.45) is 0 Å². The van der Waals surface area contributed by atoms with Crippen LogP contribution >= 0.6 is 0 Å². The Morgan fingerprint density at radius 1 is 1.26 bits per heavy atom. The summed E-state index contributed by atoms with van der Waals surface area (Å²) >= 11 is 0. The van der Waals surface area contributed by atoms with Crippen LogP contribution in [-0.2, 0) is 6.54 Å². The summed E-state index contributed by atoms with van der Waals surface area (Å²) in [6.07, 6.45) is 1.78. The summed E-state index contributed by atoms with van der Waals surface area (Å²) in [5.74, 6) is -0.116. The average Bonchev–Trinajstić information content (AvgIpc) is 2.96. The van der Waals surface area contributed by atoms with Crippen LogP contribution in [0.4, 0.5) is 0 Å². The smallest absolute Gasteiger partial charge is 0.320 e. The average molecular weight is 307 g/mol. The maximum atomic E-state index is 11.7. The molecule has 0 aliphatic carbocycles. The van der Waals surface area contributed by atoms with Gasteiger partial charge in [-0.3, -0.25) is 4.79 Å². The molecule has 6 heteroatoms. The summed E-state index contributed by atoms with van der Waals surface area (Å²) in [5.41, 5.74) is 4.42. The highest BCUT2D eigenvalue weighted by Gasteiger charge is 2.09. The zero-order valence-electron chi connectivity index (χ0n) is 13.2. The zero-order chi connectivity index (χ0) is 16.4. The number of rotatable bonds is 4. The van der Waals surface area contributed by atoms with Crippen molar-refractivity contribution < 1.29 is 9.82 Å². The number of hydrogen-bond donors (Lipinski definition) is 2. The molecule has 1 aromatic heterocycles. The summed E-state index contributed by atoms with van der Waals surface area (Å²) in [5, 5.41) is 12.2. The van der Waals surface area contributed by atoms with E-state index in [1.54, 1.807) is 32.3 Å². The molecule has 0 spiro atoms. The lowest BCUT2D eigenvalue weighted by molar-refractivity contribution is 0.0963. The fourth-order valence-electron chi connectivity index (χ4n) is 2.57. The van der Waals surface area contributed by atoms with E-state index >= 15 is 0 Å². The molecule has 116 valence electrons. The summed E-state index contributed by atoms with van der Waals surface area (Å²) in [6, 6.07) is 13.4. The number of benzene rings is 2. The van der Waals surface area contributed by atoms with Gasteiger partial charge in [-0.05, 0) is 29.2 Å². The molecule has 3 rings (SSSR count). The van der Waals surface area contributed by atoms with E-state index in [2.05, 4.69) is 10.3 Å². The molecule has 0 saturated heterocycles. The van der Waals surface area contributed by atoms with Gasteiger partial charge in [-0.25, -0.2) is 4.98 Å². The van der Waals surface area contributed by atoms with E-state index < -0.39 is 6.92 Å². The predicted octanol–water partition coefficient (Wildman–Crippen LogP) is 1.26. The first-order valence-corrected chi connectivity index (χ1v) is 7.52. The minimum absolute atomic E-state index is 0.116. The Labute approximate surface area is 135 Å². The van der Waals surface area contributed by atoms with Gasteiger partial charge in [0, 0.05) is 19.2 Å². The minimum atomic E-state index is -0.457. The molecule has 1 amide bonds. The van der Waals surface area contributed by atoms with Crippen LogP contribution in [0.2, 0.25) is 6.82 Å². The van der Waals surface area contributed by atoms with Crippen LogP contribution in [0.5, 0.6) is 0 Å². The van der Waals surface area contributed by atoms with Crippen LogP contribution in [0, 0.1) is 0 Å². The van der Waals surface area contributed by atoms with Crippen LogP contribution in [0.15, 0.2) is 48.8 Å². The van der Waals surface area contributed by atoms with Crippen LogP contribution < -0.4 is 10.8 Å². The van der Waals surface area contributed by atoms with Gasteiger partial charge in [0.05, 0.1) is 17.4 Å². The van der Waals surface area contributed by atoms with E-state index in [0.29, 0.717) is 12.1 Å². The molecule has 0 atom stereocenters. The molecule has 0 unspecified atom stereocenters. The molecular formula is C17H18BN3O2. The van der Waals surface area contributed by atoms with Crippen molar-refractivity contribution in [2.45, 2.75) is 13.4 Å². The molecule has 0 fully saturated rings. The number of carbonyl (C=O) groups is 1. The fraction of sp³-hybridized carbons (Fsp3) is 0.176. The van der Waals surface area contributed by atoms with Crippen molar-refractivity contribution >= 4 is 29.3 Å². The Morgan fingerprint density at radius 3 is 2.65 bits per heavy atom. The first-order chi connectivity index (χ1) is 11.1. The monoisotopic (exact) mass is 307 g/mol. The van der Waals surface area contributed by atoms with Crippen molar-refractivity contribution in [1.29, 1.82) is 0 Å². The highest BCUT2D eigenvalue weighted by atomic mass is 16.2. The summed E-state index contributed by atoms with van der Waals surface area (Å²) in [6.45, 7) is 1.99. The molecule has 0 radical (unpaired) electrons. The molecule has 0 aliphatic rings. The van der Waals surface area contributed by atoms with E-state index in [-0.39, 0.29) is 5.91 Å². The van der Waals surface area contributed by atoms with Crippen LogP contribution in [-0.4, -0.2) is 34.4 Å². The van der Waals surface area contributed by atoms with Crippen molar-refractivity contribution in [2.75, 3.05) is 7.05 Å². The lowest BCUT2D eigenvalue weighted by Gasteiger charge is -2.07. The first-order valence-electron chi connectivity index (χ1n) is 7.52. The SMILES string of the molecule is CNC(=O)c1ccc2c(c1)ncn2Cc1ccc(B(C)O)cc1. The Kier molecular flexibility index (Phi) is 4.17. The molecule has 0 saturated carbocycles. The lowest BCUT2D eigenvalue weighted by atomic mass is 9.64. The highest BCUT2D eigenvalue weighted by Crippen LogP contribution is 2.16. The Bertz CT molecular complexity index is 841. The third-order valence-corrected chi connectivity index (χ3v) is 3.93. The quantitative estimate of drug-likeness (QED) is 0.713. The van der Waals surface area contributed by atoms with Crippen LogP contribution in [0.1, 0.15) is 15.9 Å². The van der Waals surface area contributed by atoms with Gasteiger partial charge in [0.15, 0.2) is 0 Å². The number of imidazole rings is 1. The van der Waals surface area contributed by atoms with E-state index in [1.165, 1.54) is 0 Å². The van der Waals surface area contributed by atoms with Crippen molar-refractivity contribution in [3.8, 4) is 0 Å². The van der Waals surface area contributed by atoms with E-state index in [4.69, 9.17) is 0 Å². The normalized spacial score (nSPS) is 10.7. The van der Waals surface area contributed by atoms with Gasteiger partial charge in [-0.1, -0.05) is 31.1 Å². The molecule has 23 heavy (non-hydrogen) atoms. The van der Waals surface area contributed by atoms with Crippen LogP contribution in [0.25, 0.3) is 11.0 Å². The fourth-order valence-corrected chi connectivity index (χ4v) is 2.57. The lowest BCUT2D eigenvalue weighted by Crippen LogP contribution is -2.25. The molecule has 1 heterocycles. The predicted molar refractivity (Wildman–Crippen MR) is 92.1 cm³/mol. The number of carbonyl (C=O) groups excluding carboxylic acids is 1. The third kappa shape index (κ3) is 3.12. The molecule has 5 nitrogen and oxygen atoms in total. The number of nitrogens with one attached hydrogen (secondary N) is 1. The Balaban J connectivity index is 1.87. The van der Waals surface area contributed by atoms with Gasteiger partial charge in [-0.2, -0.15) is 0 Å². The number of hydrogen-bond acceptors (Lipinski definition) is 3. The Hall–Kier alpha value is -2.60. The zero-order valence-corrected chi connectivity index (χ0v) is 13.2. The number of fused-ring (bicyclic) bond motifs is 1. The van der Waals surface area contributed by atoms with Gasteiger partial charge < -0.3 is 14.9 Å². The maximum absolute atomic E-state index is 11.7. The molecule has 2 aromatic carbocycles. The first kappa shape index (κ1) is 15.3. The molecule has 0 bridgehead atoms. The second-order valence-corrected chi connectivity index (χ2v) is 5.57. The number of amides is 1. The van der Waals surface area contributed by atoms with Gasteiger partial charge in [0.1, 0.15) is 0 Å². The Morgan fingerprint density at radius 2 is 2.00 bits per heavy atom. The third-order valence-electron chi connectivity index (χ3n) is 3.93. The van der Waals surface area contributed by atoms with Crippen molar-refractivity contribution in [3.63, 3.8) is 0 Å². The second kappa shape index (κ2) is 6.26. The van der Waals surface area contributed by atoms with E-state index in [0.717, 1.165) is 22.1 Å². The van der Waals surface area contributed by atoms with E-state index in [9.17, 15) is 9.82 Å². The van der Waals surface area contributed by atoms with Gasteiger partial charge in [0.2, 0.25) is 0 Å². The molecule has 0 aliphatic heterocycles. The molecular weight excluding hydrogens is 289 g/mol. The van der Waals surface area contributed by atoms with Gasteiger partial charge >= 0.3 is 6.92 Å². The highest BCUT2D eigenvalue weighted by molar-refractivity contribution is 6.64. The van der Waals surface area contributed by atoms with Gasteiger partial charge in [-0.15, -0.1) is 0 Å². The summed E-state index contributed by atoms with van der Waals surface area (Å²) in [7, 11) is 1.61. The second-order valence-electron chi connectivity index (χ2n) is 5.57. The minimum Gasteiger partial charge on any atom is -0.447 e. The number of aromatic nitrogens is 2. The van der Waals surface area contributed by atoms with Gasteiger partial charge in [0.25, 0.3) is 5.91 Å². The molecule has 3 aromatic rings. The molecule has 2 N–H and O–H groups in total. The summed E-state index contributed by atoms with van der Waals surface area (Å²) in [4.78, 5) is 16.1. The van der Waals surface area contributed by atoms with Crippen LogP contribution in [0.3, 0.4) is 0 Å². The largest absolute Gasteiger partial charge is 0.447 e. The van der Waals surface area contributed by atoms with Crippen molar-refractivity contribution in [3.05, 3.63) is 59.9 Å². The maximum Gasteiger partial charge on any atom is 0.320 e. The summed E-state index contributed by atoms with van der Waals surface area (Å²) < 4.78 is 2.04. The standard InChI is InChI=1S/C17H18BN3O2/c1-18(23)14-6-3-12(4-7-14)10-21-11-20-15-9-13(17(22)19-2)5-8-16(15)21/h3-9,11,23H,10H2,1-2H3,(H,19,22). The van der Waals surface area contributed by atoms with E-state index in [1.807, 2.05) is 34.9 Å². The van der Waals surface area contributed by atoms with Crippen molar-refractivity contribution in [1.82, 2.24) is 14.9 Å². The number of nitrogens with zero attached hydrogens (tertiary/aromatic N) is 2.